The number of nitro groups is 1. The highest BCUT2D eigenvalue weighted by molar-refractivity contribution is 7.17. The van der Waals surface area contributed by atoms with Crippen LogP contribution in [0.4, 0.5) is 14.8 Å². The Morgan fingerprint density at radius 3 is 2.67 bits per heavy atom. The third kappa shape index (κ3) is 4.20. The molecular weight excluding hydrogens is 392 g/mol. The topological polar surface area (TPSA) is 144 Å². The van der Waals surface area contributed by atoms with Crippen LogP contribution in [0.3, 0.4) is 0 Å². The second-order valence-electron chi connectivity index (χ2n) is 5.64. The first kappa shape index (κ1) is 18.7. The number of amides is 4. The number of primary amides is 1. The average Bonchev–Trinajstić information content (AvgIpc) is 3.27. The molecule has 1 aliphatic rings. The van der Waals surface area contributed by atoms with Gasteiger partial charge < -0.3 is 11.1 Å². The summed E-state index contributed by atoms with van der Waals surface area (Å²) in [5.41, 5.74) is 6.11. The lowest BCUT2D eigenvalue weighted by atomic mass is 10.1. The Hall–Kier alpha value is -3.05. The molecule has 2 aromatic heterocycles. The average molecular weight is 406 g/mol. The summed E-state index contributed by atoms with van der Waals surface area (Å²) in [7, 11) is 0. The van der Waals surface area contributed by atoms with Gasteiger partial charge in [0.25, 0.3) is 5.91 Å². The number of carbonyl (C=O) groups excluding carboxylic acids is 3. The molecule has 0 unspecified atom stereocenters. The van der Waals surface area contributed by atoms with E-state index >= 15 is 0 Å². The molecule has 27 heavy (non-hydrogen) atoms. The molecule has 0 aromatic carbocycles. The normalized spacial score (nSPS) is 12.7. The molecule has 0 spiro atoms. The molecule has 3 rings (SSSR count). The SMILES string of the molecule is NC(=O)NC(=O)c1c(NC(=O)C=Cc2ccc([N+](=O)[O-])s2)sc2c1CCC2. The van der Waals surface area contributed by atoms with E-state index in [1.807, 2.05) is 5.32 Å². The van der Waals surface area contributed by atoms with E-state index < -0.39 is 22.8 Å². The lowest BCUT2D eigenvalue weighted by molar-refractivity contribution is -0.380. The summed E-state index contributed by atoms with van der Waals surface area (Å²) < 4.78 is 0. The first-order chi connectivity index (χ1) is 12.8. The molecule has 9 nitrogen and oxygen atoms in total. The molecule has 2 heterocycles. The van der Waals surface area contributed by atoms with Gasteiger partial charge in [-0.25, -0.2) is 4.79 Å². The highest BCUT2D eigenvalue weighted by Crippen LogP contribution is 2.39. The van der Waals surface area contributed by atoms with Crippen LogP contribution in [0.5, 0.6) is 0 Å². The molecule has 0 saturated carbocycles. The number of urea groups is 1. The smallest absolute Gasteiger partial charge is 0.324 e. The highest BCUT2D eigenvalue weighted by atomic mass is 32.1. The van der Waals surface area contributed by atoms with E-state index in [0.29, 0.717) is 16.3 Å². The second kappa shape index (κ2) is 7.68. The predicted octanol–water partition coefficient (Wildman–Crippen LogP) is 2.67. The zero-order valence-corrected chi connectivity index (χ0v) is 15.4. The molecule has 0 saturated heterocycles. The van der Waals surface area contributed by atoms with Gasteiger partial charge >= 0.3 is 11.0 Å². The van der Waals surface area contributed by atoms with Crippen LogP contribution in [0.2, 0.25) is 0 Å². The number of nitrogens with zero attached hydrogens (tertiary/aromatic N) is 1. The van der Waals surface area contributed by atoms with Gasteiger partial charge in [-0.3, -0.25) is 25.0 Å². The third-order valence-electron chi connectivity index (χ3n) is 3.81. The van der Waals surface area contributed by atoms with Crippen molar-refractivity contribution in [2.75, 3.05) is 5.32 Å². The number of nitrogens with one attached hydrogen (secondary N) is 2. The first-order valence-corrected chi connectivity index (χ1v) is 9.47. The minimum atomic E-state index is -0.964. The summed E-state index contributed by atoms with van der Waals surface area (Å²) in [4.78, 5) is 47.2. The number of fused-ring (bicyclic) bond motifs is 1. The van der Waals surface area contributed by atoms with Crippen molar-refractivity contribution in [2.45, 2.75) is 19.3 Å². The fourth-order valence-corrected chi connectivity index (χ4v) is 4.76. The number of aryl methyl sites for hydroxylation is 1. The van der Waals surface area contributed by atoms with Crippen LogP contribution in [0.1, 0.15) is 32.1 Å². The van der Waals surface area contributed by atoms with Gasteiger partial charge in [-0.05, 0) is 37.0 Å². The zero-order chi connectivity index (χ0) is 19.6. The lowest BCUT2D eigenvalue weighted by Gasteiger charge is -2.06. The quantitative estimate of drug-likeness (QED) is 0.397. The monoisotopic (exact) mass is 406 g/mol. The highest BCUT2D eigenvalue weighted by Gasteiger charge is 2.27. The van der Waals surface area contributed by atoms with Gasteiger partial charge in [-0.15, -0.1) is 11.3 Å². The van der Waals surface area contributed by atoms with E-state index in [2.05, 4.69) is 5.32 Å². The fraction of sp³-hybridized carbons (Fsp3) is 0.188. The van der Waals surface area contributed by atoms with Crippen LogP contribution in [0, 0.1) is 10.1 Å². The Bertz CT molecular complexity index is 976. The van der Waals surface area contributed by atoms with Crippen LogP contribution in [-0.4, -0.2) is 22.8 Å². The minimum Gasteiger partial charge on any atom is -0.351 e. The van der Waals surface area contributed by atoms with E-state index in [1.54, 1.807) is 0 Å². The first-order valence-electron chi connectivity index (χ1n) is 7.83. The lowest BCUT2D eigenvalue weighted by Crippen LogP contribution is -2.35. The van der Waals surface area contributed by atoms with Crippen LogP contribution >= 0.6 is 22.7 Å². The van der Waals surface area contributed by atoms with E-state index in [9.17, 15) is 24.5 Å². The number of thiophene rings is 2. The predicted molar refractivity (Wildman–Crippen MR) is 102 cm³/mol. The number of hydrogen-bond acceptors (Lipinski definition) is 7. The van der Waals surface area contributed by atoms with Crippen LogP contribution in [0.15, 0.2) is 18.2 Å². The van der Waals surface area contributed by atoms with Crippen molar-refractivity contribution in [3.8, 4) is 0 Å². The van der Waals surface area contributed by atoms with Crippen molar-refractivity contribution in [1.29, 1.82) is 0 Å². The van der Waals surface area contributed by atoms with Gasteiger partial charge in [0.1, 0.15) is 5.00 Å². The van der Waals surface area contributed by atoms with Gasteiger partial charge in [0, 0.05) is 21.9 Å². The van der Waals surface area contributed by atoms with Crippen LogP contribution < -0.4 is 16.4 Å². The molecular formula is C16H14N4O5S2. The summed E-state index contributed by atoms with van der Waals surface area (Å²) in [6.07, 6.45) is 5.09. The summed E-state index contributed by atoms with van der Waals surface area (Å²) in [6.45, 7) is 0. The Balaban J connectivity index is 1.77. The summed E-state index contributed by atoms with van der Waals surface area (Å²) in [6, 6.07) is 1.94. The molecule has 0 bridgehead atoms. The fourth-order valence-electron chi connectivity index (χ4n) is 2.75. The Kier molecular flexibility index (Phi) is 5.33. The molecule has 0 fully saturated rings. The van der Waals surface area contributed by atoms with Gasteiger partial charge in [-0.2, -0.15) is 0 Å². The third-order valence-corrected chi connectivity index (χ3v) is 6.02. The Morgan fingerprint density at radius 2 is 2.00 bits per heavy atom. The molecule has 0 radical (unpaired) electrons. The molecule has 0 aliphatic heterocycles. The number of rotatable bonds is 5. The van der Waals surface area contributed by atoms with E-state index in [1.165, 1.54) is 35.6 Å². The maximum absolute atomic E-state index is 12.3. The van der Waals surface area contributed by atoms with Crippen LogP contribution in [0.25, 0.3) is 6.08 Å². The Morgan fingerprint density at radius 1 is 1.22 bits per heavy atom. The van der Waals surface area contributed by atoms with E-state index in [0.717, 1.165) is 34.6 Å². The number of carbonyl (C=O) groups is 3. The van der Waals surface area contributed by atoms with Crippen molar-refractivity contribution in [3.63, 3.8) is 0 Å². The van der Waals surface area contributed by atoms with Crippen molar-refractivity contribution in [1.82, 2.24) is 5.32 Å². The van der Waals surface area contributed by atoms with E-state index in [-0.39, 0.29) is 10.6 Å². The number of imide groups is 1. The molecule has 11 heteroatoms. The van der Waals surface area contributed by atoms with Gasteiger partial charge in [-0.1, -0.05) is 11.3 Å². The van der Waals surface area contributed by atoms with Crippen molar-refractivity contribution < 1.29 is 19.3 Å². The number of nitrogens with two attached hydrogens (primary N) is 1. The second-order valence-corrected chi connectivity index (χ2v) is 7.83. The standard InChI is InChI=1S/C16H14N4O5S2/c17-16(23)19-14(22)13-9-2-1-3-10(9)27-15(13)18-11(21)6-4-8-5-7-12(26-8)20(24)25/h4-7H,1-3H2,(H,18,21)(H3,17,19,22,23). The molecule has 1 aliphatic carbocycles. The molecule has 0 atom stereocenters. The van der Waals surface area contributed by atoms with Gasteiger partial charge in [0.2, 0.25) is 5.91 Å². The van der Waals surface area contributed by atoms with Crippen molar-refractivity contribution >= 4 is 56.6 Å². The zero-order valence-electron chi connectivity index (χ0n) is 13.8. The molecule has 4 amide bonds. The van der Waals surface area contributed by atoms with E-state index in [4.69, 9.17) is 5.73 Å². The molecule has 140 valence electrons. The number of anilines is 1. The summed E-state index contributed by atoms with van der Waals surface area (Å²) in [5.74, 6) is -1.13. The maximum Gasteiger partial charge on any atom is 0.324 e. The largest absolute Gasteiger partial charge is 0.351 e. The van der Waals surface area contributed by atoms with Gasteiger partial charge in [0.05, 0.1) is 10.5 Å². The van der Waals surface area contributed by atoms with Crippen LogP contribution in [-0.2, 0) is 17.6 Å². The number of hydrogen-bond donors (Lipinski definition) is 3. The van der Waals surface area contributed by atoms with Crippen molar-refractivity contribution in [3.05, 3.63) is 49.2 Å². The summed E-state index contributed by atoms with van der Waals surface area (Å²) in [5, 5.41) is 15.7. The minimum absolute atomic E-state index is 0.0184. The van der Waals surface area contributed by atoms with Crippen molar-refractivity contribution in [2.24, 2.45) is 5.73 Å². The Labute approximate surface area is 161 Å². The molecule has 2 aromatic rings. The molecule has 4 N–H and O–H groups in total. The maximum atomic E-state index is 12.3. The summed E-state index contributed by atoms with van der Waals surface area (Å²) >= 11 is 2.24. The van der Waals surface area contributed by atoms with Gasteiger partial charge in [0.15, 0.2) is 0 Å².